The second kappa shape index (κ2) is 5.74. The molecule has 2 rings (SSSR count). The van der Waals surface area contributed by atoms with E-state index in [1.807, 2.05) is 0 Å². The third kappa shape index (κ3) is 2.86. The van der Waals surface area contributed by atoms with Gasteiger partial charge in [-0.25, -0.2) is 0 Å². The summed E-state index contributed by atoms with van der Waals surface area (Å²) in [5.74, 6) is 0.157. The van der Waals surface area contributed by atoms with Crippen molar-refractivity contribution >= 4 is 23.2 Å². The summed E-state index contributed by atoms with van der Waals surface area (Å²) < 4.78 is 0. The molecule has 0 bridgehead atoms. The van der Waals surface area contributed by atoms with Crippen molar-refractivity contribution in [3.63, 3.8) is 0 Å². The number of nitro groups is 1. The van der Waals surface area contributed by atoms with Crippen LogP contribution in [-0.4, -0.2) is 28.1 Å². The van der Waals surface area contributed by atoms with Crippen LogP contribution in [-0.2, 0) is 0 Å². The van der Waals surface area contributed by atoms with E-state index in [2.05, 4.69) is 20.8 Å². The molecule has 0 unspecified atom stereocenters. The lowest BCUT2D eigenvalue weighted by Gasteiger charge is -2.05. The molecule has 0 aliphatic heterocycles. The maximum atomic E-state index is 12.0. The lowest BCUT2D eigenvalue weighted by atomic mass is 10.1. The van der Waals surface area contributed by atoms with E-state index in [0.717, 1.165) is 0 Å². The highest BCUT2D eigenvalue weighted by atomic mass is 16.6. The molecule has 20 heavy (non-hydrogen) atoms. The van der Waals surface area contributed by atoms with E-state index in [9.17, 15) is 14.9 Å². The normalized spacial score (nSPS) is 9.85. The van der Waals surface area contributed by atoms with Crippen molar-refractivity contribution in [3.8, 4) is 0 Å². The summed E-state index contributed by atoms with van der Waals surface area (Å²) in [5.41, 5.74) is -0.290. The molecule has 0 saturated carbocycles. The molecule has 102 valence electrons. The number of carbonyl (C=O) groups is 1. The highest BCUT2D eigenvalue weighted by Crippen LogP contribution is 2.18. The quantitative estimate of drug-likeness (QED) is 0.647. The molecular formula is C12H11N5O3. The summed E-state index contributed by atoms with van der Waals surface area (Å²) in [6.45, 7) is 0. The highest BCUT2D eigenvalue weighted by Gasteiger charge is 2.19. The van der Waals surface area contributed by atoms with Gasteiger partial charge in [-0.3, -0.25) is 14.9 Å². The number of para-hydroxylation sites is 1. The van der Waals surface area contributed by atoms with E-state index >= 15 is 0 Å². The minimum atomic E-state index is -0.608. The zero-order valence-corrected chi connectivity index (χ0v) is 10.5. The Balaban J connectivity index is 2.21. The number of amides is 1. The Morgan fingerprint density at radius 1 is 1.15 bits per heavy atom. The number of carbonyl (C=O) groups excluding carboxylic acids is 1. The predicted octanol–water partition coefficient (Wildman–Crippen LogP) is 1.68. The minimum absolute atomic E-state index is 0.0306. The monoisotopic (exact) mass is 273 g/mol. The molecule has 1 aromatic heterocycles. The highest BCUT2D eigenvalue weighted by molar-refractivity contribution is 6.06. The van der Waals surface area contributed by atoms with Gasteiger partial charge in [-0.2, -0.15) is 0 Å². The summed E-state index contributed by atoms with van der Waals surface area (Å²) in [7, 11) is 1.69. The lowest BCUT2D eigenvalue weighted by molar-refractivity contribution is -0.385. The maximum absolute atomic E-state index is 12.0. The van der Waals surface area contributed by atoms with Crippen LogP contribution in [0.3, 0.4) is 0 Å². The molecule has 0 atom stereocenters. The van der Waals surface area contributed by atoms with Gasteiger partial charge in [0.15, 0.2) is 5.82 Å². The van der Waals surface area contributed by atoms with Crippen molar-refractivity contribution < 1.29 is 9.72 Å². The second-order valence-corrected chi connectivity index (χ2v) is 3.78. The van der Waals surface area contributed by atoms with Crippen LogP contribution in [0.15, 0.2) is 36.4 Å². The fourth-order valence-electron chi connectivity index (χ4n) is 1.54. The summed E-state index contributed by atoms with van der Waals surface area (Å²) >= 11 is 0. The number of nitrogens with zero attached hydrogens (tertiary/aromatic N) is 3. The number of hydrogen-bond acceptors (Lipinski definition) is 6. The Kier molecular flexibility index (Phi) is 3.85. The van der Waals surface area contributed by atoms with E-state index in [1.54, 1.807) is 25.2 Å². The van der Waals surface area contributed by atoms with Crippen molar-refractivity contribution in [1.29, 1.82) is 0 Å². The van der Waals surface area contributed by atoms with Crippen molar-refractivity contribution in [3.05, 3.63) is 52.1 Å². The number of hydrogen-bond donors (Lipinski definition) is 2. The number of aromatic nitrogens is 2. The average Bonchev–Trinajstić information content (AvgIpc) is 2.48. The summed E-state index contributed by atoms with van der Waals surface area (Å²) in [6.07, 6.45) is 0. The van der Waals surface area contributed by atoms with E-state index in [1.165, 1.54) is 18.2 Å². The zero-order valence-electron chi connectivity index (χ0n) is 10.5. The third-order valence-corrected chi connectivity index (χ3v) is 2.51. The van der Waals surface area contributed by atoms with Crippen molar-refractivity contribution in [2.24, 2.45) is 0 Å². The fourth-order valence-corrected chi connectivity index (χ4v) is 1.54. The van der Waals surface area contributed by atoms with Crippen LogP contribution >= 0.6 is 0 Å². The van der Waals surface area contributed by atoms with Gasteiger partial charge in [0.25, 0.3) is 11.6 Å². The number of anilines is 2. The Morgan fingerprint density at radius 3 is 2.40 bits per heavy atom. The zero-order chi connectivity index (χ0) is 14.5. The van der Waals surface area contributed by atoms with Gasteiger partial charge in [-0.1, -0.05) is 12.1 Å². The molecule has 2 aromatic rings. The van der Waals surface area contributed by atoms with Gasteiger partial charge in [0.05, 0.1) is 4.92 Å². The first-order chi connectivity index (χ1) is 9.61. The molecule has 1 aromatic carbocycles. The SMILES string of the molecule is CNc1ccc(NC(=O)c2ccccc2[N+](=O)[O-])nn1. The van der Waals surface area contributed by atoms with E-state index in [4.69, 9.17) is 0 Å². The van der Waals surface area contributed by atoms with Gasteiger partial charge < -0.3 is 10.6 Å². The fraction of sp³-hybridized carbons (Fsp3) is 0.0833. The molecule has 8 nitrogen and oxygen atoms in total. The van der Waals surface area contributed by atoms with Crippen molar-refractivity contribution in [1.82, 2.24) is 10.2 Å². The van der Waals surface area contributed by atoms with Gasteiger partial charge in [0.2, 0.25) is 0 Å². The molecule has 0 aliphatic rings. The summed E-state index contributed by atoms with van der Waals surface area (Å²) in [6, 6.07) is 8.87. The molecule has 0 spiro atoms. The first-order valence-corrected chi connectivity index (χ1v) is 5.68. The molecule has 2 N–H and O–H groups in total. The number of benzene rings is 1. The van der Waals surface area contributed by atoms with Gasteiger partial charge in [0, 0.05) is 13.1 Å². The van der Waals surface area contributed by atoms with Crippen LogP contribution in [0.4, 0.5) is 17.3 Å². The smallest absolute Gasteiger partial charge is 0.282 e. The first kappa shape index (κ1) is 13.4. The summed E-state index contributed by atoms with van der Waals surface area (Å²) in [5, 5.41) is 23.7. The molecular weight excluding hydrogens is 262 g/mol. The molecule has 8 heteroatoms. The topological polar surface area (TPSA) is 110 Å². The van der Waals surface area contributed by atoms with Gasteiger partial charge in [-0.15, -0.1) is 10.2 Å². The third-order valence-electron chi connectivity index (χ3n) is 2.51. The number of nitro benzene ring substituents is 1. The van der Waals surface area contributed by atoms with Crippen LogP contribution in [0.25, 0.3) is 0 Å². The van der Waals surface area contributed by atoms with Crippen LogP contribution in [0.1, 0.15) is 10.4 Å². The van der Waals surface area contributed by atoms with Gasteiger partial charge in [0.1, 0.15) is 11.4 Å². The summed E-state index contributed by atoms with van der Waals surface area (Å²) in [4.78, 5) is 22.2. The Hall–Kier alpha value is -3.03. The van der Waals surface area contributed by atoms with Crippen molar-refractivity contribution in [2.75, 3.05) is 17.7 Å². The molecule has 0 fully saturated rings. The Morgan fingerprint density at radius 2 is 1.80 bits per heavy atom. The second-order valence-electron chi connectivity index (χ2n) is 3.78. The standard InChI is InChI=1S/C12H11N5O3/c1-13-10-6-7-11(16-15-10)14-12(18)8-4-2-3-5-9(8)17(19)20/h2-7H,1H3,(H,13,15)(H,14,16,18). The van der Waals surface area contributed by atoms with Crippen molar-refractivity contribution in [2.45, 2.75) is 0 Å². The molecule has 0 radical (unpaired) electrons. The maximum Gasteiger partial charge on any atom is 0.282 e. The Labute approximate surface area is 114 Å². The van der Waals surface area contributed by atoms with E-state index in [0.29, 0.717) is 5.82 Å². The van der Waals surface area contributed by atoms with E-state index in [-0.39, 0.29) is 17.1 Å². The average molecular weight is 273 g/mol. The number of rotatable bonds is 4. The molecule has 1 amide bonds. The molecule has 0 aliphatic carbocycles. The lowest BCUT2D eigenvalue weighted by Crippen LogP contribution is -2.15. The molecule has 1 heterocycles. The number of nitrogens with one attached hydrogen (secondary N) is 2. The molecule has 0 saturated heterocycles. The predicted molar refractivity (Wildman–Crippen MR) is 72.6 cm³/mol. The minimum Gasteiger partial charge on any atom is -0.372 e. The van der Waals surface area contributed by atoms with Crippen LogP contribution in [0.5, 0.6) is 0 Å². The first-order valence-electron chi connectivity index (χ1n) is 5.68. The van der Waals surface area contributed by atoms with Gasteiger partial charge in [-0.05, 0) is 18.2 Å². The van der Waals surface area contributed by atoms with Gasteiger partial charge >= 0.3 is 0 Å². The van der Waals surface area contributed by atoms with E-state index < -0.39 is 10.8 Å². The van der Waals surface area contributed by atoms with Crippen LogP contribution in [0, 0.1) is 10.1 Å². The Bertz CT molecular complexity index is 642. The van der Waals surface area contributed by atoms with Crippen LogP contribution in [0.2, 0.25) is 0 Å². The van der Waals surface area contributed by atoms with Crippen LogP contribution < -0.4 is 10.6 Å². The largest absolute Gasteiger partial charge is 0.372 e.